The molecule has 122 valence electrons. The number of likely N-dealkylation sites (N-methyl/N-ethyl adjacent to an activating group) is 1. The van der Waals surface area contributed by atoms with Crippen molar-refractivity contribution in [3.63, 3.8) is 0 Å². The SMILES string of the molecule is Cc1ccc(Nc2ccc(C(=O)NCCN(C)C)cn2)cc1Br. The van der Waals surface area contributed by atoms with Crippen LogP contribution in [-0.2, 0) is 0 Å². The highest BCUT2D eigenvalue weighted by Crippen LogP contribution is 2.22. The van der Waals surface area contributed by atoms with Gasteiger partial charge in [-0.3, -0.25) is 4.79 Å². The zero-order valence-corrected chi connectivity index (χ0v) is 15.1. The second-order valence-electron chi connectivity index (χ2n) is 5.58. The summed E-state index contributed by atoms with van der Waals surface area (Å²) in [4.78, 5) is 18.3. The third kappa shape index (κ3) is 5.33. The second-order valence-corrected chi connectivity index (χ2v) is 6.43. The molecule has 0 atom stereocenters. The minimum absolute atomic E-state index is 0.107. The van der Waals surface area contributed by atoms with Crippen LogP contribution in [0.1, 0.15) is 15.9 Å². The maximum atomic E-state index is 12.0. The maximum absolute atomic E-state index is 12.0. The number of carbonyl (C=O) groups excluding carboxylic acids is 1. The molecule has 23 heavy (non-hydrogen) atoms. The number of nitrogens with one attached hydrogen (secondary N) is 2. The maximum Gasteiger partial charge on any atom is 0.252 e. The highest BCUT2D eigenvalue weighted by molar-refractivity contribution is 9.10. The van der Waals surface area contributed by atoms with E-state index in [0.29, 0.717) is 17.9 Å². The molecular formula is C17H21BrN4O. The van der Waals surface area contributed by atoms with Gasteiger partial charge in [0.25, 0.3) is 5.91 Å². The predicted octanol–water partition coefficient (Wildman–Crippen LogP) is 3.19. The Bertz CT molecular complexity index is 671. The molecule has 0 radical (unpaired) electrons. The zero-order valence-electron chi connectivity index (χ0n) is 13.6. The molecule has 5 nitrogen and oxygen atoms in total. The third-order valence-corrected chi connectivity index (χ3v) is 4.17. The first-order chi connectivity index (χ1) is 11.0. The lowest BCUT2D eigenvalue weighted by Crippen LogP contribution is -2.31. The molecule has 1 aromatic heterocycles. The molecule has 0 bridgehead atoms. The van der Waals surface area contributed by atoms with Gasteiger partial charge >= 0.3 is 0 Å². The molecular weight excluding hydrogens is 356 g/mol. The average Bonchev–Trinajstić information content (AvgIpc) is 2.51. The topological polar surface area (TPSA) is 57.3 Å². The number of rotatable bonds is 6. The average molecular weight is 377 g/mol. The molecule has 0 spiro atoms. The van der Waals surface area contributed by atoms with Crippen molar-refractivity contribution in [2.45, 2.75) is 6.92 Å². The summed E-state index contributed by atoms with van der Waals surface area (Å²) >= 11 is 3.51. The van der Waals surface area contributed by atoms with Crippen LogP contribution in [0.2, 0.25) is 0 Å². The van der Waals surface area contributed by atoms with Gasteiger partial charge in [0.05, 0.1) is 5.56 Å². The van der Waals surface area contributed by atoms with Crippen molar-refractivity contribution >= 4 is 33.3 Å². The van der Waals surface area contributed by atoms with Crippen LogP contribution in [0.25, 0.3) is 0 Å². The van der Waals surface area contributed by atoms with E-state index in [-0.39, 0.29) is 5.91 Å². The standard InChI is InChI=1S/C17H21BrN4O/c1-12-4-6-14(10-15(12)18)21-16-7-5-13(11-20-16)17(23)19-8-9-22(2)3/h4-7,10-11H,8-9H2,1-3H3,(H,19,23)(H,20,21). The van der Waals surface area contributed by atoms with Crippen molar-refractivity contribution in [1.29, 1.82) is 0 Å². The van der Waals surface area contributed by atoms with Crippen LogP contribution < -0.4 is 10.6 Å². The summed E-state index contributed by atoms with van der Waals surface area (Å²) in [5.74, 6) is 0.592. The van der Waals surface area contributed by atoms with Gasteiger partial charge in [-0.2, -0.15) is 0 Å². The normalized spacial score (nSPS) is 10.7. The first-order valence-corrected chi connectivity index (χ1v) is 8.17. The van der Waals surface area contributed by atoms with Crippen LogP contribution in [0.3, 0.4) is 0 Å². The molecule has 2 aromatic rings. The van der Waals surface area contributed by atoms with E-state index < -0.39 is 0 Å². The lowest BCUT2D eigenvalue weighted by molar-refractivity contribution is 0.0950. The van der Waals surface area contributed by atoms with Crippen LogP contribution in [0.4, 0.5) is 11.5 Å². The number of hydrogen-bond acceptors (Lipinski definition) is 4. The Hall–Kier alpha value is -1.92. The van der Waals surface area contributed by atoms with Crippen molar-refractivity contribution in [2.24, 2.45) is 0 Å². The Labute approximate surface area is 145 Å². The molecule has 0 aliphatic rings. The van der Waals surface area contributed by atoms with Gasteiger partial charge < -0.3 is 15.5 Å². The van der Waals surface area contributed by atoms with Gasteiger partial charge in [-0.25, -0.2) is 4.98 Å². The first-order valence-electron chi connectivity index (χ1n) is 7.38. The molecule has 1 heterocycles. The van der Waals surface area contributed by atoms with E-state index in [2.05, 4.69) is 31.5 Å². The van der Waals surface area contributed by atoms with Crippen LogP contribution in [0.5, 0.6) is 0 Å². The summed E-state index contributed by atoms with van der Waals surface area (Å²) in [7, 11) is 3.94. The summed E-state index contributed by atoms with van der Waals surface area (Å²) in [5, 5.41) is 6.08. The molecule has 1 aromatic carbocycles. The quantitative estimate of drug-likeness (QED) is 0.812. The summed E-state index contributed by atoms with van der Waals surface area (Å²) in [5.41, 5.74) is 2.67. The lowest BCUT2D eigenvalue weighted by Gasteiger charge is -2.11. The van der Waals surface area contributed by atoms with E-state index in [1.165, 1.54) is 5.56 Å². The van der Waals surface area contributed by atoms with Crippen molar-refractivity contribution in [3.05, 3.63) is 52.1 Å². The fraction of sp³-hybridized carbons (Fsp3) is 0.294. The van der Waals surface area contributed by atoms with E-state index >= 15 is 0 Å². The molecule has 1 amide bonds. The fourth-order valence-corrected chi connectivity index (χ4v) is 2.29. The van der Waals surface area contributed by atoms with Crippen LogP contribution >= 0.6 is 15.9 Å². The van der Waals surface area contributed by atoms with E-state index in [1.54, 1.807) is 18.3 Å². The van der Waals surface area contributed by atoms with Crippen molar-refractivity contribution in [1.82, 2.24) is 15.2 Å². The highest BCUT2D eigenvalue weighted by Gasteiger charge is 2.06. The number of nitrogens with zero attached hydrogens (tertiary/aromatic N) is 2. The van der Waals surface area contributed by atoms with Crippen LogP contribution in [0, 0.1) is 6.92 Å². The number of halogens is 1. The Morgan fingerprint density at radius 1 is 1.26 bits per heavy atom. The molecule has 2 rings (SSSR count). The molecule has 0 unspecified atom stereocenters. The van der Waals surface area contributed by atoms with Gasteiger partial charge in [-0.1, -0.05) is 22.0 Å². The summed E-state index contributed by atoms with van der Waals surface area (Å²) in [6.45, 7) is 3.46. The van der Waals surface area contributed by atoms with Gasteiger partial charge in [0.15, 0.2) is 0 Å². The van der Waals surface area contributed by atoms with Crippen molar-refractivity contribution in [2.75, 3.05) is 32.5 Å². The summed E-state index contributed by atoms with van der Waals surface area (Å²) in [6.07, 6.45) is 1.58. The van der Waals surface area contributed by atoms with Crippen molar-refractivity contribution in [3.8, 4) is 0 Å². The lowest BCUT2D eigenvalue weighted by atomic mass is 10.2. The zero-order chi connectivity index (χ0) is 16.8. The highest BCUT2D eigenvalue weighted by atomic mass is 79.9. The molecule has 0 fully saturated rings. The van der Waals surface area contributed by atoms with Gasteiger partial charge in [0, 0.05) is 29.4 Å². The van der Waals surface area contributed by atoms with E-state index in [1.807, 2.05) is 44.1 Å². The van der Waals surface area contributed by atoms with Crippen molar-refractivity contribution < 1.29 is 4.79 Å². The smallest absolute Gasteiger partial charge is 0.252 e. The van der Waals surface area contributed by atoms with Crippen LogP contribution in [-0.4, -0.2) is 43.0 Å². The Balaban J connectivity index is 1.96. The Kier molecular flexibility index (Phi) is 6.12. The number of aromatic nitrogens is 1. The van der Waals surface area contributed by atoms with Gasteiger partial charge in [-0.15, -0.1) is 0 Å². The number of aryl methyl sites for hydroxylation is 1. The minimum atomic E-state index is -0.107. The van der Waals surface area contributed by atoms with Gasteiger partial charge in [-0.05, 0) is 50.8 Å². The molecule has 2 N–H and O–H groups in total. The molecule has 0 saturated heterocycles. The van der Waals surface area contributed by atoms with Crippen LogP contribution in [0.15, 0.2) is 41.0 Å². The molecule has 6 heteroatoms. The number of anilines is 2. The predicted molar refractivity (Wildman–Crippen MR) is 97.3 cm³/mol. The number of pyridine rings is 1. The van der Waals surface area contributed by atoms with E-state index in [0.717, 1.165) is 16.7 Å². The molecule has 0 aliphatic heterocycles. The fourth-order valence-electron chi connectivity index (χ4n) is 1.92. The van der Waals surface area contributed by atoms with Gasteiger partial charge in [0.2, 0.25) is 0 Å². The van der Waals surface area contributed by atoms with E-state index in [9.17, 15) is 4.79 Å². The minimum Gasteiger partial charge on any atom is -0.351 e. The van der Waals surface area contributed by atoms with E-state index in [4.69, 9.17) is 0 Å². The third-order valence-electron chi connectivity index (χ3n) is 3.31. The largest absolute Gasteiger partial charge is 0.351 e. The summed E-state index contributed by atoms with van der Waals surface area (Å²) in [6, 6.07) is 9.58. The Morgan fingerprint density at radius 3 is 2.65 bits per heavy atom. The molecule has 0 aliphatic carbocycles. The number of hydrogen-bond donors (Lipinski definition) is 2. The first kappa shape index (κ1) is 17.4. The number of benzene rings is 1. The monoisotopic (exact) mass is 376 g/mol. The number of amides is 1. The molecule has 0 saturated carbocycles. The summed E-state index contributed by atoms with van der Waals surface area (Å²) < 4.78 is 1.04. The second kappa shape index (κ2) is 8.08. The van der Waals surface area contributed by atoms with Gasteiger partial charge in [0.1, 0.15) is 5.82 Å². The Morgan fingerprint density at radius 2 is 2.04 bits per heavy atom. The number of carbonyl (C=O) groups is 1.